The first-order valence-corrected chi connectivity index (χ1v) is 6.19. The summed E-state index contributed by atoms with van der Waals surface area (Å²) in [5.74, 6) is 1.54. The van der Waals surface area contributed by atoms with Gasteiger partial charge < -0.3 is 4.90 Å². The van der Waals surface area contributed by atoms with Crippen LogP contribution < -0.4 is 4.90 Å². The number of hydrogen-bond donors (Lipinski definition) is 0. The van der Waals surface area contributed by atoms with Crippen LogP contribution in [0.5, 0.6) is 0 Å². The average Bonchev–Trinajstić information content (AvgIpc) is 2.38. The first-order chi connectivity index (χ1) is 8.20. The van der Waals surface area contributed by atoms with E-state index in [4.69, 9.17) is 5.26 Å². The van der Waals surface area contributed by atoms with Crippen molar-refractivity contribution in [3.05, 3.63) is 17.6 Å². The lowest BCUT2D eigenvalue weighted by Crippen LogP contribution is -2.34. The van der Waals surface area contributed by atoms with Crippen LogP contribution in [-0.4, -0.2) is 23.1 Å². The fourth-order valence-electron chi connectivity index (χ4n) is 2.45. The van der Waals surface area contributed by atoms with E-state index in [0.29, 0.717) is 17.6 Å². The van der Waals surface area contributed by atoms with E-state index in [9.17, 15) is 0 Å². The maximum atomic E-state index is 8.92. The Morgan fingerprint density at radius 2 is 2.00 bits per heavy atom. The molecule has 4 nitrogen and oxygen atoms in total. The smallest absolute Gasteiger partial charge is 0.146 e. The van der Waals surface area contributed by atoms with Crippen LogP contribution in [-0.2, 0) is 0 Å². The fourth-order valence-corrected chi connectivity index (χ4v) is 2.45. The van der Waals surface area contributed by atoms with Crippen LogP contribution in [0.15, 0.2) is 6.07 Å². The van der Waals surface area contributed by atoms with Gasteiger partial charge in [0.2, 0.25) is 0 Å². The van der Waals surface area contributed by atoms with Crippen LogP contribution >= 0.6 is 0 Å². The van der Waals surface area contributed by atoms with E-state index < -0.39 is 0 Å². The molecule has 0 aliphatic heterocycles. The summed E-state index contributed by atoms with van der Waals surface area (Å²) in [6, 6.07) is 4.43. The molecule has 0 amide bonds. The lowest BCUT2D eigenvalue weighted by atomic mass is 9.94. The van der Waals surface area contributed by atoms with E-state index in [1.807, 2.05) is 6.92 Å². The number of nitrogens with zero attached hydrogens (tertiary/aromatic N) is 4. The molecule has 90 valence electrons. The van der Waals surface area contributed by atoms with Crippen molar-refractivity contribution < 1.29 is 0 Å². The molecule has 0 spiro atoms. The van der Waals surface area contributed by atoms with E-state index in [-0.39, 0.29) is 0 Å². The molecule has 1 heterocycles. The number of nitriles is 1. The van der Waals surface area contributed by atoms with E-state index in [1.165, 1.54) is 32.1 Å². The Kier molecular flexibility index (Phi) is 3.58. The standard InChI is InChI=1S/C13H18N4/c1-10-15-11(9-14)8-13(16-10)17(2)12-6-4-3-5-7-12/h8,12H,3-7H2,1-2H3. The lowest BCUT2D eigenvalue weighted by molar-refractivity contribution is 0.425. The largest absolute Gasteiger partial charge is 0.357 e. The third-order valence-electron chi connectivity index (χ3n) is 3.42. The third-order valence-corrected chi connectivity index (χ3v) is 3.42. The summed E-state index contributed by atoms with van der Waals surface area (Å²) in [6.07, 6.45) is 6.38. The van der Waals surface area contributed by atoms with Crippen molar-refractivity contribution >= 4 is 5.82 Å². The molecule has 1 saturated carbocycles. The maximum absolute atomic E-state index is 8.92. The van der Waals surface area contributed by atoms with E-state index in [1.54, 1.807) is 6.07 Å². The van der Waals surface area contributed by atoms with Crippen molar-refractivity contribution in [1.29, 1.82) is 5.26 Å². The molecule has 0 aromatic carbocycles. The molecule has 1 aromatic heterocycles. The van der Waals surface area contributed by atoms with Crippen molar-refractivity contribution in [2.45, 2.75) is 45.1 Å². The molecular formula is C13H18N4. The van der Waals surface area contributed by atoms with Crippen molar-refractivity contribution in [3.63, 3.8) is 0 Å². The highest BCUT2D eigenvalue weighted by atomic mass is 15.2. The second-order valence-electron chi connectivity index (χ2n) is 4.67. The predicted octanol–water partition coefficient (Wildman–Crippen LogP) is 2.43. The van der Waals surface area contributed by atoms with Crippen molar-refractivity contribution in [2.75, 3.05) is 11.9 Å². The van der Waals surface area contributed by atoms with Gasteiger partial charge in [0.1, 0.15) is 23.4 Å². The SMILES string of the molecule is Cc1nc(C#N)cc(N(C)C2CCCCC2)n1. The van der Waals surface area contributed by atoms with Gasteiger partial charge in [-0.05, 0) is 19.8 Å². The molecule has 1 aromatic rings. The Morgan fingerprint density at radius 3 is 2.65 bits per heavy atom. The monoisotopic (exact) mass is 230 g/mol. The van der Waals surface area contributed by atoms with Gasteiger partial charge in [0.25, 0.3) is 0 Å². The van der Waals surface area contributed by atoms with Gasteiger partial charge in [-0.2, -0.15) is 5.26 Å². The van der Waals surface area contributed by atoms with E-state index >= 15 is 0 Å². The minimum absolute atomic E-state index is 0.454. The van der Waals surface area contributed by atoms with E-state index in [2.05, 4.69) is 28.0 Å². The first-order valence-electron chi connectivity index (χ1n) is 6.19. The van der Waals surface area contributed by atoms with Crippen LogP contribution in [0.2, 0.25) is 0 Å². The topological polar surface area (TPSA) is 52.8 Å². The van der Waals surface area contributed by atoms with Gasteiger partial charge in [-0.1, -0.05) is 19.3 Å². The number of rotatable bonds is 2. The average molecular weight is 230 g/mol. The van der Waals surface area contributed by atoms with E-state index in [0.717, 1.165) is 5.82 Å². The van der Waals surface area contributed by atoms with Crippen LogP contribution in [0.25, 0.3) is 0 Å². The molecular weight excluding hydrogens is 212 g/mol. The van der Waals surface area contributed by atoms with Gasteiger partial charge in [-0.15, -0.1) is 0 Å². The zero-order chi connectivity index (χ0) is 12.3. The van der Waals surface area contributed by atoms with Crippen LogP contribution in [0.1, 0.15) is 43.6 Å². The van der Waals surface area contributed by atoms with Gasteiger partial charge >= 0.3 is 0 Å². The molecule has 17 heavy (non-hydrogen) atoms. The maximum Gasteiger partial charge on any atom is 0.146 e. The van der Waals surface area contributed by atoms with Gasteiger partial charge in [-0.3, -0.25) is 0 Å². The van der Waals surface area contributed by atoms with Crippen LogP contribution in [0, 0.1) is 18.3 Å². The Labute approximate surface area is 102 Å². The number of anilines is 1. The Hall–Kier alpha value is -1.63. The molecule has 0 bridgehead atoms. The molecule has 0 N–H and O–H groups in total. The molecule has 0 unspecified atom stereocenters. The predicted molar refractivity (Wildman–Crippen MR) is 66.8 cm³/mol. The quantitative estimate of drug-likeness (QED) is 0.783. The highest BCUT2D eigenvalue weighted by molar-refractivity contribution is 5.43. The Bertz CT molecular complexity index is 430. The normalized spacial score (nSPS) is 16.5. The lowest BCUT2D eigenvalue weighted by Gasteiger charge is -2.32. The second-order valence-corrected chi connectivity index (χ2v) is 4.67. The van der Waals surface area contributed by atoms with Crippen molar-refractivity contribution in [2.24, 2.45) is 0 Å². The Balaban J connectivity index is 2.20. The Morgan fingerprint density at radius 1 is 1.29 bits per heavy atom. The molecule has 4 heteroatoms. The van der Waals surface area contributed by atoms with Gasteiger partial charge in [0.15, 0.2) is 0 Å². The molecule has 1 aliphatic carbocycles. The summed E-state index contributed by atoms with van der Waals surface area (Å²) < 4.78 is 0. The summed E-state index contributed by atoms with van der Waals surface area (Å²) in [4.78, 5) is 10.7. The molecule has 2 rings (SSSR count). The molecule has 1 aliphatic rings. The van der Waals surface area contributed by atoms with Gasteiger partial charge in [0.05, 0.1) is 0 Å². The number of aryl methyl sites for hydroxylation is 1. The molecule has 0 atom stereocenters. The zero-order valence-electron chi connectivity index (χ0n) is 10.5. The van der Waals surface area contributed by atoms with Gasteiger partial charge in [-0.25, -0.2) is 9.97 Å². The number of hydrogen-bond acceptors (Lipinski definition) is 4. The van der Waals surface area contributed by atoms with Gasteiger partial charge in [0, 0.05) is 19.2 Å². The summed E-state index contributed by atoms with van der Waals surface area (Å²) >= 11 is 0. The minimum atomic E-state index is 0.454. The first kappa shape index (κ1) is 11.8. The van der Waals surface area contributed by atoms with Crippen molar-refractivity contribution in [3.8, 4) is 6.07 Å². The summed E-state index contributed by atoms with van der Waals surface area (Å²) in [6.45, 7) is 1.83. The summed E-state index contributed by atoms with van der Waals surface area (Å²) in [7, 11) is 2.07. The summed E-state index contributed by atoms with van der Waals surface area (Å²) in [5, 5.41) is 8.92. The van der Waals surface area contributed by atoms with Crippen LogP contribution in [0.3, 0.4) is 0 Å². The minimum Gasteiger partial charge on any atom is -0.357 e. The zero-order valence-corrected chi connectivity index (χ0v) is 10.5. The molecule has 0 radical (unpaired) electrons. The molecule has 1 fully saturated rings. The highest BCUT2D eigenvalue weighted by Crippen LogP contribution is 2.25. The van der Waals surface area contributed by atoms with Crippen molar-refractivity contribution in [1.82, 2.24) is 9.97 Å². The fraction of sp³-hybridized carbons (Fsp3) is 0.615. The molecule has 0 saturated heterocycles. The highest BCUT2D eigenvalue weighted by Gasteiger charge is 2.19. The summed E-state index contributed by atoms with van der Waals surface area (Å²) in [5.41, 5.74) is 0.454. The number of aromatic nitrogens is 2. The van der Waals surface area contributed by atoms with Crippen LogP contribution in [0.4, 0.5) is 5.82 Å². The second kappa shape index (κ2) is 5.13. The third kappa shape index (κ3) is 2.73.